The van der Waals surface area contributed by atoms with Crippen LogP contribution in [0.5, 0.6) is 0 Å². The third-order valence-corrected chi connectivity index (χ3v) is 4.87. The first-order valence-electron chi connectivity index (χ1n) is 7.69. The highest BCUT2D eigenvalue weighted by atomic mass is 32.1. The van der Waals surface area contributed by atoms with Crippen molar-refractivity contribution in [2.75, 3.05) is 25.6 Å². The lowest BCUT2D eigenvalue weighted by atomic mass is 10.1. The maximum absolute atomic E-state index is 4.95. The average molecular weight is 353 g/mol. The molecule has 0 bridgehead atoms. The highest BCUT2D eigenvalue weighted by Gasteiger charge is 2.25. The minimum Gasteiger partial charge on any atom is -0.399 e. The van der Waals surface area contributed by atoms with Crippen LogP contribution < -0.4 is 4.90 Å². The summed E-state index contributed by atoms with van der Waals surface area (Å²) in [4.78, 5) is 21.1. The van der Waals surface area contributed by atoms with Crippen LogP contribution in [0, 0.1) is 0 Å². The maximum Gasteiger partial charge on any atom is 0.194 e. The minimum atomic E-state index is 0.533. The van der Waals surface area contributed by atoms with E-state index in [1.54, 1.807) is 18.6 Å². The van der Waals surface area contributed by atoms with Crippen molar-refractivity contribution in [1.29, 1.82) is 0 Å². The van der Waals surface area contributed by atoms with E-state index in [1.165, 1.54) is 18.4 Å². The van der Waals surface area contributed by atoms with Crippen LogP contribution in [-0.2, 0) is 4.84 Å². The topological polar surface area (TPSA) is 89.3 Å². The van der Waals surface area contributed by atoms with Gasteiger partial charge in [0.2, 0.25) is 0 Å². The fourth-order valence-corrected chi connectivity index (χ4v) is 3.41. The zero-order valence-corrected chi connectivity index (χ0v) is 14.6. The summed E-state index contributed by atoms with van der Waals surface area (Å²) in [5.41, 5.74) is 2.45. The summed E-state index contributed by atoms with van der Waals surface area (Å²) in [5, 5.41) is 13.6. The van der Waals surface area contributed by atoms with Crippen molar-refractivity contribution in [1.82, 2.24) is 25.1 Å². The zero-order valence-electron chi connectivity index (χ0n) is 13.7. The Morgan fingerprint density at radius 1 is 1.28 bits per heavy atom. The fourth-order valence-electron chi connectivity index (χ4n) is 2.57. The van der Waals surface area contributed by atoms with E-state index in [-0.39, 0.29) is 0 Å². The average Bonchev–Trinajstić information content (AvgIpc) is 3.15. The van der Waals surface area contributed by atoms with Gasteiger partial charge in [0.15, 0.2) is 11.6 Å². The summed E-state index contributed by atoms with van der Waals surface area (Å²) in [5.74, 6) is 1.24. The largest absolute Gasteiger partial charge is 0.399 e. The van der Waals surface area contributed by atoms with Crippen LogP contribution in [0.25, 0.3) is 21.3 Å². The smallest absolute Gasteiger partial charge is 0.194 e. The molecule has 4 rings (SSSR count). The lowest BCUT2D eigenvalue weighted by molar-refractivity contribution is 0.212. The minimum absolute atomic E-state index is 0.533. The Morgan fingerprint density at radius 3 is 3.00 bits per heavy atom. The number of anilines is 1. The predicted molar refractivity (Wildman–Crippen MR) is 95.6 cm³/mol. The summed E-state index contributed by atoms with van der Waals surface area (Å²) in [6, 6.07) is 3.86. The molecule has 0 fully saturated rings. The number of fused-ring (bicyclic) bond motifs is 1. The first-order chi connectivity index (χ1) is 12.3. The molecule has 0 aliphatic carbocycles. The van der Waals surface area contributed by atoms with Gasteiger partial charge in [0.05, 0.1) is 4.88 Å². The third kappa shape index (κ3) is 2.93. The molecule has 0 N–H and O–H groups in total. The summed E-state index contributed by atoms with van der Waals surface area (Å²) in [7, 11) is 3.50. The molecule has 0 saturated heterocycles. The number of hydrogen-bond acceptors (Lipinski definition) is 9. The Bertz CT molecular complexity index is 925. The molecule has 3 aromatic rings. The SMILES string of the molecule is CON=C1CCN(C)c2nnc(-c3cnc(-c4cccnc4)s3)nc21. The van der Waals surface area contributed by atoms with Gasteiger partial charge in [0.25, 0.3) is 0 Å². The molecule has 0 spiro atoms. The molecule has 8 nitrogen and oxygen atoms in total. The van der Waals surface area contributed by atoms with Gasteiger partial charge in [0.1, 0.15) is 23.5 Å². The van der Waals surface area contributed by atoms with Gasteiger partial charge in [-0.15, -0.1) is 21.5 Å². The third-order valence-electron chi connectivity index (χ3n) is 3.82. The van der Waals surface area contributed by atoms with E-state index in [2.05, 4.69) is 30.3 Å². The number of rotatable bonds is 3. The van der Waals surface area contributed by atoms with Gasteiger partial charge in [-0.05, 0) is 12.1 Å². The van der Waals surface area contributed by atoms with Gasteiger partial charge in [-0.1, -0.05) is 5.16 Å². The monoisotopic (exact) mass is 353 g/mol. The highest BCUT2D eigenvalue weighted by Crippen LogP contribution is 2.31. The molecule has 3 aromatic heterocycles. The molecule has 25 heavy (non-hydrogen) atoms. The second-order valence-electron chi connectivity index (χ2n) is 5.47. The standard InChI is InChI=1S/C16H15N7OS/c1-23-7-5-11(22-24-2)13-15(23)21-20-14(19-13)12-9-18-16(25-12)10-4-3-6-17-8-10/h3-4,6,8-9H,5,7H2,1-2H3. The summed E-state index contributed by atoms with van der Waals surface area (Å²) < 4.78 is 0. The van der Waals surface area contributed by atoms with Crippen LogP contribution in [0.4, 0.5) is 5.82 Å². The Hall–Kier alpha value is -2.94. The number of nitrogens with zero attached hydrogens (tertiary/aromatic N) is 7. The molecule has 0 aromatic carbocycles. The van der Waals surface area contributed by atoms with E-state index in [0.717, 1.165) is 34.1 Å². The fraction of sp³-hybridized carbons (Fsp3) is 0.250. The van der Waals surface area contributed by atoms with Gasteiger partial charge in [-0.3, -0.25) is 4.98 Å². The van der Waals surface area contributed by atoms with Gasteiger partial charge >= 0.3 is 0 Å². The van der Waals surface area contributed by atoms with Crippen LogP contribution >= 0.6 is 11.3 Å². The molecule has 0 unspecified atom stereocenters. The lowest BCUT2D eigenvalue weighted by Gasteiger charge is -2.25. The van der Waals surface area contributed by atoms with Crippen molar-refractivity contribution in [2.45, 2.75) is 6.42 Å². The normalized spacial score (nSPS) is 15.3. The van der Waals surface area contributed by atoms with Crippen LogP contribution in [0.1, 0.15) is 12.1 Å². The molecule has 9 heteroatoms. The number of thiazole rings is 1. The van der Waals surface area contributed by atoms with Crippen LogP contribution in [0.2, 0.25) is 0 Å². The predicted octanol–water partition coefficient (Wildman–Crippen LogP) is 2.25. The van der Waals surface area contributed by atoms with Crippen LogP contribution in [0.15, 0.2) is 35.9 Å². The van der Waals surface area contributed by atoms with Crippen molar-refractivity contribution in [3.05, 3.63) is 36.4 Å². The highest BCUT2D eigenvalue weighted by molar-refractivity contribution is 7.18. The van der Waals surface area contributed by atoms with Crippen molar-refractivity contribution < 1.29 is 4.84 Å². The number of aromatic nitrogens is 5. The Labute approximate surface area is 148 Å². The van der Waals surface area contributed by atoms with E-state index in [4.69, 9.17) is 4.84 Å². The summed E-state index contributed by atoms with van der Waals surface area (Å²) in [6.45, 7) is 0.802. The second-order valence-corrected chi connectivity index (χ2v) is 6.50. The second kappa shape index (κ2) is 6.52. The molecular weight excluding hydrogens is 338 g/mol. The van der Waals surface area contributed by atoms with Gasteiger partial charge in [0, 0.05) is 44.2 Å². The Morgan fingerprint density at radius 2 is 2.20 bits per heavy atom. The van der Waals surface area contributed by atoms with Gasteiger partial charge < -0.3 is 9.74 Å². The summed E-state index contributed by atoms with van der Waals surface area (Å²) in [6.07, 6.45) is 6.03. The summed E-state index contributed by atoms with van der Waals surface area (Å²) >= 11 is 1.50. The van der Waals surface area contributed by atoms with Gasteiger partial charge in [-0.25, -0.2) is 9.97 Å². The number of hydrogen-bond donors (Lipinski definition) is 0. The Balaban J connectivity index is 1.74. The molecule has 0 saturated carbocycles. The van der Waals surface area contributed by atoms with Crippen LogP contribution in [-0.4, -0.2) is 51.6 Å². The Kier molecular flexibility index (Phi) is 4.06. The first kappa shape index (κ1) is 15.6. The van der Waals surface area contributed by atoms with Crippen molar-refractivity contribution in [2.24, 2.45) is 5.16 Å². The molecule has 1 aliphatic heterocycles. The van der Waals surface area contributed by atoms with E-state index >= 15 is 0 Å². The van der Waals surface area contributed by atoms with E-state index in [1.807, 2.05) is 24.1 Å². The lowest BCUT2D eigenvalue weighted by Crippen LogP contribution is -2.31. The maximum atomic E-state index is 4.95. The van der Waals surface area contributed by atoms with Crippen molar-refractivity contribution in [3.63, 3.8) is 0 Å². The molecule has 0 radical (unpaired) electrons. The molecule has 0 atom stereocenters. The molecular formula is C16H15N7OS. The van der Waals surface area contributed by atoms with Crippen molar-refractivity contribution >= 4 is 22.9 Å². The van der Waals surface area contributed by atoms with Crippen LogP contribution in [0.3, 0.4) is 0 Å². The molecule has 126 valence electrons. The molecule has 1 aliphatic rings. The van der Waals surface area contributed by atoms with E-state index in [9.17, 15) is 0 Å². The van der Waals surface area contributed by atoms with E-state index in [0.29, 0.717) is 17.3 Å². The number of oxime groups is 1. The van der Waals surface area contributed by atoms with Crippen molar-refractivity contribution in [3.8, 4) is 21.3 Å². The quantitative estimate of drug-likeness (QED) is 0.667. The molecule has 0 amide bonds. The van der Waals surface area contributed by atoms with Gasteiger partial charge in [-0.2, -0.15) is 0 Å². The first-order valence-corrected chi connectivity index (χ1v) is 8.51. The zero-order chi connectivity index (χ0) is 17.2. The molecule has 4 heterocycles. The van der Waals surface area contributed by atoms with E-state index < -0.39 is 0 Å². The number of pyridine rings is 1.